The van der Waals surface area contributed by atoms with E-state index in [2.05, 4.69) is 13.2 Å². The largest absolute Gasteiger partial charge is 0.500 e. The van der Waals surface area contributed by atoms with Gasteiger partial charge in [0.1, 0.15) is 26.4 Å². The third-order valence-corrected chi connectivity index (χ3v) is 7.84. The average molecular weight is 548 g/mol. The van der Waals surface area contributed by atoms with Crippen LogP contribution in [0.25, 0.3) is 0 Å². The van der Waals surface area contributed by atoms with Crippen LogP contribution in [-0.4, -0.2) is 105 Å². The Balaban J connectivity index is 4.66. The molecule has 0 unspecified atom stereocenters. The molecule has 0 heterocycles. The van der Waals surface area contributed by atoms with Crippen LogP contribution in [0.4, 0.5) is 0 Å². The summed E-state index contributed by atoms with van der Waals surface area (Å²) in [4.78, 5) is 48.8. The molecule has 0 bridgehead atoms. The van der Waals surface area contributed by atoms with Gasteiger partial charge in [-0.05, 0) is 26.8 Å². The lowest BCUT2D eigenvalue weighted by Crippen LogP contribution is -2.43. The van der Waals surface area contributed by atoms with Crippen molar-refractivity contribution < 1.29 is 51.4 Å². The Morgan fingerprint density at radius 1 is 0.649 bits per heavy atom. The Bertz CT molecular complexity index is 710. The van der Waals surface area contributed by atoms with Crippen molar-refractivity contribution in [3.8, 4) is 0 Å². The number of hydrogen-bond acceptors (Lipinski definition) is 12. The van der Waals surface area contributed by atoms with Gasteiger partial charge in [-0.25, -0.2) is 9.59 Å². The fraction of sp³-hybridized carbons (Fsp3) is 0.667. The first-order chi connectivity index (χ1) is 17.5. The SMILES string of the molecule is C=C(C)C(=O)OCCOC(=O)CCN(CCC[Si](OC)(OC)OC)CCC(=O)OCCOC(=O)C(=C)C. The minimum Gasteiger partial charge on any atom is -0.462 e. The number of carbonyl (C=O) groups excluding carboxylic acids is 4. The first kappa shape index (κ1) is 34.4. The van der Waals surface area contributed by atoms with Gasteiger partial charge < -0.3 is 37.1 Å². The lowest BCUT2D eigenvalue weighted by Gasteiger charge is -2.26. The van der Waals surface area contributed by atoms with Crippen LogP contribution in [0.1, 0.15) is 33.1 Å². The van der Waals surface area contributed by atoms with Crippen molar-refractivity contribution in [2.45, 2.75) is 39.2 Å². The summed E-state index contributed by atoms with van der Waals surface area (Å²) in [5.41, 5.74) is 0.520. The number of rotatable bonds is 21. The Labute approximate surface area is 220 Å². The van der Waals surface area contributed by atoms with Crippen molar-refractivity contribution in [3.63, 3.8) is 0 Å². The molecule has 0 aliphatic rings. The van der Waals surface area contributed by atoms with E-state index < -0.39 is 32.7 Å². The normalized spacial score (nSPS) is 11.1. The zero-order valence-electron chi connectivity index (χ0n) is 22.6. The number of hydrogen-bond donors (Lipinski definition) is 0. The van der Waals surface area contributed by atoms with Crippen LogP contribution in [0.5, 0.6) is 0 Å². The van der Waals surface area contributed by atoms with Crippen LogP contribution in [-0.2, 0) is 51.4 Å². The number of nitrogens with zero attached hydrogens (tertiary/aromatic N) is 1. The monoisotopic (exact) mass is 547 g/mol. The highest BCUT2D eigenvalue weighted by molar-refractivity contribution is 6.60. The molecule has 0 aliphatic heterocycles. The van der Waals surface area contributed by atoms with E-state index in [-0.39, 0.29) is 50.4 Å². The Kier molecular flexibility index (Phi) is 18.2. The lowest BCUT2D eigenvalue weighted by molar-refractivity contribution is -0.151. The van der Waals surface area contributed by atoms with Crippen LogP contribution >= 0.6 is 0 Å². The highest BCUT2D eigenvalue weighted by Gasteiger charge is 2.37. The highest BCUT2D eigenvalue weighted by Crippen LogP contribution is 2.15. The summed E-state index contributed by atoms with van der Waals surface area (Å²) in [6.45, 7) is 10.9. The van der Waals surface area contributed by atoms with Crippen LogP contribution in [0.2, 0.25) is 6.04 Å². The summed E-state index contributed by atoms with van der Waals surface area (Å²) in [5.74, 6) is -2.03. The maximum Gasteiger partial charge on any atom is 0.500 e. The van der Waals surface area contributed by atoms with Gasteiger partial charge in [0.05, 0.1) is 12.8 Å². The highest BCUT2D eigenvalue weighted by atomic mass is 28.4. The maximum absolute atomic E-state index is 12.1. The van der Waals surface area contributed by atoms with Gasteiger partial charge >= 0.3 is 32.7 Å². The van der Waals surface area contributed by atoms with Gasteiger partial charge in [0.15, 0.2) is 0 Å². The van der Waals surface area contributed by atoms with E-state index >= 15 is 0 Å². The predicted molar refractivity (Wildman–Crippen MR) is 135 cm³/mol. The molecule has 212 valence electrons. The van der Waals surface area contributed by atoms with Crippen molar-refractivity contribution in [3.05, 3.63) is 24.3 Å². The lowest BCUT2D eigenvalue weighted by atomic mass is 10.3. The van der Waals surface area contributed by atoms with E-state index in [1.165, 1.54) is 35.2 Å². The standard InChI is InChI=1S/C24H41NO11Si/c1-19(2)23(28)35-16-14-33-21(26)9-12-25(11-8-18-37(30-5,31-6)32-7)13-10-22(27)34-15-17-36-24(29)20(3)4/h1,3,8-18H2,2,4-7H3. The predicted octanol–water partition coefficient (Wildman–Crippen LogP) is 1.66. The van der Waals surface area contributed by atoms with Crippen molar-refractivity contribution in [1.29, 1.82) is 0 Å². The molecule has 0 aromatic carbocycles. The second-order valence-corrected chi connectivity index (χ2v) is 11.1. The third kappa shape index (κ3) is 16.0. The molecule has 0 fully saturated rings. The van der Waals surface area contributed by atoms with Gasteiger partial charge in [-0.1, -0.05) is 13.2 Å². The van der Waals surface area contributed by atoms with Gasteiger partial charge in [-0.15, -0.1) is 0 Å². The quantitative estimate of drug-likeness (QED) is 0.0679. The first-order valence-electron chi connectivity index (χ1n) is 11.8. The molecule has 13 heteroatoms. The van der Waals surface area contributed by atoms with Crippen LogP contribution in [0.3, 0.4) is 0 Å². The zero-order valence-corrected chi connectivity index (χ0v) is 23.6. The first-order valence-corrected chi connectivity index (χ1v) is 13.8. The average Bonchev–Trinajstić information content (AvgIpc) is 2.87. The molecule has 0 aromatic rings. The van der Waals surface area contributed by atoms with Crippen molar-refractivity contribution in [2.24, 2.45) is 0 Å². The molecule has 0 rings (SSSR count). The van der Waals surface area contributed by atoms with Crippen molar-refractivity contribution in [1.82, 2.24) is 4.90 Å². The summed E-state index contributed by atoms with van der Waals surface area (Å²) in [6.07, 6.45) is 0.781. The molecule has 0 N–H and O–H groups in total. The molecule has 0 aliphatic carbocycles. The second kappa shape index (κ2) is 19.5. The molecule has 0 saturated carbocycles. The van der Waals surface area contributed by atoms with E-state index in [1.54, 1.807) is 0 Å². The maximum atomic E-state index is 12.1. The van der Waals surface area contributed by atoms with E-state index in [4.69, 9.17) is 32.2 Å². The smallest absolute Gasteiger partial charge is 0.462 e. The minimum atomic E-state index is -2.76. The van der Waals surface area contributed by atoms with E-state index in [0.717, 1.165) is 0 Å². The molecule has 0 saturated heterocycles. The van der Waals surface area contributed by atoms with Gasteiger partial charge in [0.2, 0.25) is 0 Å². The topological polar surface area (TPSA) is 136 Å². The van der Waals surface area contributed by atoms with Gasteiger partial charge in [0.25, 0.3) is 0 Å². The van der Waals surface area contributed by atoms with Gasteiger partial charge in [0, 0.05) is 51.6 Å². The molecule has 0 aromatic heterocycles. The molecule has 0 amide bonds. The molecule has 37 heavy (non-hydrogen) atoms. The molecular formula is C24H41NO11Si. The van der Waals surface area contributed by atoms with Gasteiger partial charge in [-0.3, -0.25) is 9.59 Å². The summed E-state index contributed by atoms with van der Waals surface area (Å²) in [5, 5.41) is 0. The van der Waals surface area contributed by atoms with E-state index in [1.807, 2.05) is 4.90 Å². The van der Waals surface area contributed by atoms with E-state index in [0.29, 0.717) is 32.1 Å². The fourth-order valence-electron chi connectivity index (χ4n) is 2.88. The van der Waals surface area contributed by atoms with Crippen molar-refractivity contribution >= 4 is 32.7 Å². The zero-order chi connectivity index (χ0) is 28.3. The minimum absolute atomic E-state index is 0.0631. The fourth-order valence-corrected chi connectivity index (χ4v) is 4.58. The number of carbonyl (C=O) groups is 4. The molecule has 0 radical (unpaired) electrons. The van der Waals surface area contributed by atoms with Crippen LogP contribution in [0, 0.1) is 0 Å². The third-order valence-electron chi connectivity index (χ3n) is 5.01. The summed E-state index contributed by atoms with van der Waals surface area (Å²) < 4.78 is 36.3. The molecular weight excluding hydrogens is 506 g/mol. The Morgan fingerprint density at radius 2 is 1.03 bits per heavy atom. The molecule has 0 atom stereocenters. The Hall–Kier alpha value is -2.58. The summed E-state index contributed by atoms with van der Waals surface area (Å²) in [7, 11) is 1.84. The van der Waals surface area contributed by atoms with Crippen LogP contribution in [0.15, 0.2) is 24.3 Å². The molecule has 0 spiro atoms. The summed E-state index contributed by atoms with van der Waals surface area (Å²) in [6, 6.07) is 0.546. The van der Waals surface area contributed by atoms with Crippen LogP contribution < -0.4 is 0 Å². The number of ether oxygens (including phenoxy) is 4. The van der Waals surface area contributed by atoms with E-state index in [9.17, 15) is 19.2 Å². The van der Waals surface area contributed by atoms with Crippen molar-refractivity contribution in [2.75, 3.05) is 67.4 Å². The van der Waals surface area contributed by atoms with Gasteiger partial charge in [-0.2, -0.15) is 0 Å². The number of esters is 4. The second-order valence-electron chi connectivity index (χ2n) is 8.01. The Morgan fingerprint density at radius 3 is 1.38 bits per heavy atom. The summed E-state index contributed by atoms with van der Waals surface area (Å²) >= 11 is 0. The molecule has 12 nitrogen and oxygen atoms in total.